The number of nitrogen functional groups attached to an aromatic ring is 1. The summed E-state index contributed by atoms with van der Waals surface area (Å²) < 4.78 is 18.2. The van der Waals surface area contributed by atoms with Gasteiger partial charge in [-0.2, -0.15) is 0 Å². The lowest BCUT2D eigenvalue weighted by molar-refractivity contribution is -0.384. The molecule has 0 atom stereocenters. The molecule has 0 aliphatic rings. The van der Waals surface area contributed by atoms with Crippen LogP contribution in [-0.2, 0) is 5.75 Å². The van der Waals surface area contributed by atoms with Gasteiger partial charge in [-0.25, -0.2) is 4.39 Å². The summed E-state index contributed by atoms with van der Waals surface area (Å²) >= 11 is 1.36. The molecule has 0 saturated carbocycles. The van der Waals surface area contributed by atoms with Crippen molar-refractivity contribution < 1.29 is 14.1 Å². The van der Waals surface area contributed by atoms with Crippen LogP contribution in [0, 0.1) is 15.9 Å². The van der Waals surface area contributed by atoms with Crippen molar-refractivity contribution in [1.29, 1.82) is 0 Å². The van der Waals surface area contributed by atoms with E-state index in [-0.39, 0.29) is 5.69 Å². The Labute approximate surface area is 125 Å². The van der Waals surface area contributed by atoms with E-state index in [1.54, 1.807) is 12.1 Å². The first-order valence-corrected chi connectivity index (χ1v) is 6.99. The fraction of sp³-hybridized carbons (Fsp3) is 0.143. The van der Waals surface area contributed by atoms with Crippen molar-refractivity contribution in [3.63, 3.8) is 0 Å². The SMILES string of the molecule is COc1ccc([N+](=O)[O-])cc1CSc1ccc(F)cc1N. The molecule has 110 valence electrons. The predicted octanol–water partition coefficient (Wildman–Crippen LogP) is 3.62. The Balaban J connectivity index is 2.22. The lowest BCUT2D eigenvalue weighted by atomic mass is 10.2. The van der Waals surface area contributed by atoms with Gasteiger partial charge < -0.3 is 10.5 Å². The summed E-state index contributed by atoms with van der Waals surface area (Å²) in [4.78, 5) is 11.1. The summed E-state index contributed by atoms with van der Waals surface area (Å²) in [6.07, 6.45) is 0. The molecule has 2 aromatic rings. The smallest absolute Gasteiger partial charge is 0.270 e. The van der Waals surface area contributed by atoms with Gasteiger partial charge in [-0.1, -0.05) is 0 Å². The molecule has 0 fully saturated rings. The van der Waals surface area contributed by atoms with Gasteiger partial charge in [0.25, 0.3) is 5.69 Å². The molecule has 21 heavy (non-hydrogen) atoms. The first-order valence-electron chi connectivity index (χ1n) is 6.00. The standard InChI is InChI=1S/C14H13FN2O3S/c1-20-13-4-3-11(17(18)19)6-9(13)8-21-14-5-2-10(15)7-12(14)16/h2-7H,8,16H2,1H3. The number of hydrogen-bond acceptors (Lipinski definition) is 5. The molecule has 0 bridgehead atoms. The molecule has 0 spiro atoms. The van der Waals surface area contributed by atoms with Crippen molar-refractivity contribution in [1.82, 2.24) is 0 Å². The average Bonchev–Trinajstić information content (AvgIpc) is 2.46. The first kappa shape index (κ1) is 15.1. The molecule has 2 N–H and O–H groups in total. The average molecular weight is 308 g/mol. The van der Waals surface area contributed by atoms with Gasteiger partial charge in [-0.05, 0) is 24.3 Å². The third kappa shape index (κ3) is 3.63. The number of nitrogens with two attached hydrogens (primary N) is 1. The Morgan fingerprint density at radius 1 is 1.33 bits per heavy atom. The van der Waals surface area contributed by atoms with Gasteiger partial charge in [0.1, 0.15) is 11.6 Å². The number of methoxy groups -OCH3 is 1. The summed E-state index contributed by atoms with van der Waals surface area (Å²) in [5, 5.41) is 10.8. The molecule has 0 aliphatic carbocycles. The molecule has 7 heteroatoms. The maximum absolute atomic E-state index is 13.0. The molecule has 0 heterocycles. The number of rotatable bonds is 5. The summed E-state index contributed by atoms with van der Waals surface area (Å²) in [6.45, 7) is 0. The van der Waals surface area contributed by atoms with Gasteiger partial charge in [-0.15, -0.1) is 11.8 Å². The second kappa shape index (κ2) is 6.45. The van der Waals surface area contributed by atoms with Crippen molar-refractivity contribution >= 4 is 23.1 Å². The number of benzene rings is 2. The molecule has 0 saturated heterocycles. The number of ether oxygens (including phenoxy) is 1. The van der Waals surface area contributed by atoms with Crippen molar-refractivity contribution in [2.24, 2.45) is 0 Å². The molecule has 0 aromatic heterocycles. The lowest BCUT2D eigenvalue weighted by Gasteiger charge is -2.09. The van der Waals surface area contributed by atoms with Crippen molar-refractivity contribution in [2.75, 3.05) is 12.8 Å². The highest BCUT2D eigenvalue weighted by molar-refractivity contribution is 7.98. The van der Waals surface area contributed by atoms with Gasteiger partial charge in [-0.3, -0.25) is 10.1 Å². The molecule has 0 aliphatic heterocycles. The topological polar surface area (TPSA) is 78.4 Å². The summed E-state index contributed by atoms with van der Waals surface area (Å²) in [5.74, 6) is 0.597. The third-order valence-corrected chi connectivity index (χ3v) is 3.97. The maximum Gasteiger partial charge on any atom is 0.270 e. The lowest BCUT2D eigenvalue weighted by Crippen LogP contribution is -1.95. The fourth-order valence-corrected chi connectivity index (χ4v) is 2.72. The minimum absolute atomic E-state index is 0.00141. The summed E-state index contributed by atoms with van der Waals surface area (Å²) in [6, 6.07) is 8.56. The van der Waals surface area contributed by atoms with Crippen LogP contribution in [0.25, 0.3) is 0 Å². The molecule has 0 amide bonds. The Morgan fingerprint density at radius 2 is 2.10 bits per heavy atom. The number of nitro benzene ring substituents is 1. The molecule has 5 nitrogen and oxygen atoms in total. The van der Waals surface area contributed by atoms with E-state index in [4.69, 9.17) is 10.5 Å². The fourth-order valence-electron chi connectivity index (χ4n) is 1.80. The van der Waals surface area contributed by atoms with Crippen LogP contribution in [0.2, 0.25) is 0 Å². The van der Waals surface area contributed by atoms with E-state index < -0.39 is 10.7 Å². The number of thioether (sulfide) groups is 1. The summed E-state index contributed by atoms with van der Waals surface area (Å²) in [5.41, 5.74) is 6.75. The quantitative estimate of drug-likeness (QED) is 0.395. The second-order valence-electron chi connectivity index (χ2n) is 4.22. The molecule has 0 unspecified atom stereocenters. The number of non-ortho nitro benzene ring substituents is 1. The Hall–Kier alpha value is -2.28. The zero-order valence-electron chi connectivity index (χ0n) is 11.2. The third-order valence-electron chi connectivity index (χ3n) is 2.83. The minimum Gasteiger partial charge on any atom is -0.496 e. The van der Waals surface area contributed by atoms with Crippen LogP contribution in [0.15, 0.2) is 41.3 Å². The van der Waals surface area contributed by atoms with Crippen molar-refractivity contribution in [2.45, 2.75) is 10.6 Å². The van der Waals surface area contributed by atoms with Gasteiger partial charge >= 0.3 is 0 Å². The number of nitro groups is 1. The second-order valence-corrected chi connectivity index (χ2v) is 5.24. The largest absolute Gasteiger partial charge is 0.496 e. The maximum atomic E-state index is 13.0. The van der Waals surface area contributed by atoms with Crippen LogP contribution in [0.3, 0.4) is 0 Å². The number of nitrogens with zero attached hydrogens (tertiary/aromatic N) is 1. The van der Waals surface area contributed by atoms with Crippen molar-refractivity contribution in [3.05, 3.63) is 57.9 Å². The van der Waals surface area contributed by atoms with E-state index in [0.717, 1.165) is 0 Å². The Kier molecular flexibility index (Phi) is 4.64. The van der Waals surface area contributed by atoms with E-state index in [9.17, 15) is 14.5 Å². The van der Waals surface area contributed by atoms with Gasteiger partial charge in [0.05, 0.1) is 12.0 Å². The molecular formula is C14H13FN2O3S. The Bertz CT molecular complexity index is 679. The Morgan fingerprint density at radius 3 is 2.71 bits per heavy atom. The molecule has 2 aromatic carbocycles. The minimum atomic E-state index is -0.458. The van der Waals surface area contributed by atoms with E-state index in [1.807, 2.05) is 0 Å². The molecular weight excluding hydrogens is 295 g/mol. The van der Waals surface area contributed by atoms with Crippen LogP contribution in [0.4, 0.5) is 15.8 Å². The number of halogens is 1. The first-order chi connectivity index (χ1) is 10.0. The zero-order chi connectivity index (χ0) is 15.4. The molecule has 2 rings (SSSR count). The van der Waals surface area contributed by atoms with E-state index in [2.05, 4.69) is 0 Å². The highest BCUT2D eigenvalue weighted by Gasteiger charge is 2.12. The molecule has 0 radical (unpaired) electrons. The van der Waals surface area contributed by atoms with Gasteiger partial charge in [0.15, 0.2) is 0 Å². The van der Waals surface area contributed by atoms with Gasteiger partial charge in [0, 0.05) is 34.0 Å². The highest BCUT2D eigenvalue weighted by atomic mass is 32.2. The van der Waals surface area contributed by atoms with Crippen LogP contribution < -0.4 is 10.5 Å². The summed E-state index contributed by atoms with van der Waals surface area (Å²) in [7, 11) is 1.50. The van der Waals surface area contributed by atoms with Crippen LogP contribution in [0.1, 0.15) is 5.56 Å². The highest BCUT2D eigenvalue weighted by Crippen LogP contribution is 2.33. The van der Waals surface area contributed by atoms with E-state index in [0.29, 0.717) is 27.6 Å². The monoisotopic (exact) mass is 308 g/mol. The van der Waals surface area contributed by atoms with Crippen LogP contribution in [0.5, 0.6) is 5.75 Å². The number of hydrogen-bond donors (Lipinski definition) is 1. The number of anilines is 1. The van der Waals surface area contributed by atoms with Gasteiger partial charge in [0.2, 0.25) is 0 Å². The van der Waals surface area contributed by atoms with E-state index in [1.165, 1.54) is 43.1 Å². The zero-order valence-corrected chi connectivity index (χ0v) is 12.0. The van der Waals surface area contributed by atoms with Crippen molar-refractivity contribution in [3.8, 4) is 5.75 Å². The predicted molar refractivity (Wildman–Crippen MR) is 80.0 cm³/mol. The van der Waals surface area contributed by atoms with Crippen LogP contribution >= 0.6 is 11.8 Å². The normalized spacial score (nSPS) is 10.4. The van der Waals surface area contributed by atoms with Crippen LogP contribution in [-0.4, -0.2) is 12.0 Å². The van der Waals surface area contributed by atoms with E-state index >= 15 is 0 Å².